The highest BCUT2D eigenvalue weighted by molar-refractivity contribution is 5.78. The lowest BCUT2D eigenvalue weighted by Gasteiger charge is -2.14. The topological polar surface area (TPSA) is 67.2 Å². The van der Waals surface area contributed by atoms with Crippen LogP contribution in [-0.2, 0) is 4.79 Å². The summed E-state index contributed by atoms with van der Waals surface area (Å²) in [5, 5.41) is 2.80. The lowest BCUT2D eigenvalue weighted by molar-refractivity contribution is -0.124. The van der Waals surface area contributed by atoms with Gasteiger partial charge in [-0.05, 0) is 6.92 Å². The van der Waals surface area contributed by atoms with Gasteiger partial charge in [0.1, 0.15) is 0 Å². The van der Waals surface area contributed by atoms with E-state index in [1.54, 1.807) is 0 Å². The first-order valence-electron chi connectivity index (χ1n) is 3.81. The minimum absolute atomic E-state index is 0.0372. The van der Waals surface area contributed by atoms with E-state index in [1.807, 2.05) is 20.8 Å². The number of nitrogens with one attached hydrogen (secondary N) is 2. The van der Waals surface area contributed by atoms with E-state index in [2.05, 4.69) is 10.7 Å². The monoisotopic (exact) mass is 159 g/mol. The summed E-state index contributed by atoms with van der Waals surface area (Å²) in [5.41, 5.74) is 2.50. The van der Waals surface area contributed by atoms with Crippen molar-refractivity contribution in [3.05, 3.63) is 0 Å². The van der Waals surface area contributed by atoms with Gasteiger partial charge in [0, 0.05) is 18.5 Å². The van der Waals surface area contributed by atoms with Crippen LogP contribution < -0.4 is 16.6 Å². The van der Waals surface area contributed by atoms with Crippen molar-refractivity contribution in [1.82, 2.24) is 10.7 Å². The van der Waals surface area contributed by atoms with Crippen molar-refractivity contribution in [3.63, 3.8) is 0 Å². The summed E-state index contributed by atoms with van der Waals surface area (Å²) in [5.74, 6) is 5.18. The zero-order chi connectivity index (χ0) is 8.85. The summed E-state index contributed by atoms with van der Waals surface area (Å²) in [4.78, 5) is 11.0. The minimum Gasteiger partial charge on any atom is -0.352 e. The van der Waals surface area contributed by atoms with Crippen LogP contribution in [0.3, 0.4) is 0 Å². The molecule has 0 spiro atoms. The molecule has 0 aliphatic carbocycles. The SMILES string of the molecule is CC(C)C(=O)N[C@@H](C)CNN. The maximum absolute atomic E-state index is 11.0. The fourth-order valence-electron chi connectivity index (χ4n) is 0.637. The quantitative estimate of drug-likeness (QED) is 0.386. The lowest BCUT2D eigenvalue weighted by Crippen LogP contribution is -2.43. The highest BCUT2D eigenvalue weighted by Gasteiger charge is 2.09. The number of carbonyl (C=O) groups is 1. The van der Waals surface area contributed by atoms with E-state index in [4.69, 9.17) is 5.84 Å². The van der Waals surface area contributed by atoms with E-state index in [-0.39, 0.29) is 17.9 Å². The van der Waals surface area contributed by atoms with E-state index in [9.17, 15) is 4.79 Å². The van der Waals surface area contributed by atoms with Crippen LogP contribution in [0.1, 0.15) is 20.8 Å². The van der Waals surface area contributed by atoms with Crippen molar-refractivity contribution in [1.29, 1.82) is 0 Å². The third-order valence-corrected chi connectivity index (χ3v) is 1.34. The largest absolute Gasteiger partial charge is 0.352 e. The highest BCUT2D eigenvalue weighted by Crippen LogP contribution is 1.91. The fraction of sp³-hybridized carbons (Fsp3) is 0.857. The van der Waals surface area contributed by atoms with Crippen molar-refractivity contribution in [2.75, 3.05) is 6.54 Å². The van der Waals surface area contributed by atoms with Crippen LogP contribution in [0.15, 0.2) is 0 Å². The molecule has 4 heteroatoms. The van der Waals surface area contributed by atoms with Gasteiger partial charge in [0.15, 0.2) is 0 Å². The molecule has 0 aliphatic rings. The van der Waals surface area contributed by atoms with Gasteiger partial charge >= 0.3 is 0 Å². The molecule has 1 atom stereocenters. The van der Waals surface area contributed by atoms with Gasteiger partial charge in [-0.2, -0.15) is 0 Å². The van der Waals surface area contributed by atoms with Crippen molar-refractivity contribution in [2.45, 2.75) is 26.8 Å². The summed E-state index contributed by atoms with van der Waals surface area (Å²) in [6.45, 7) is 6.22. The normalized spacial score (nSPS) is 13.2. The molecule has 0 unspecified atom stereocenters. The number of rotatable bonds is 4. The molecule has 4 N–H and O–H groups in total. The summed E-state index contributed by atoms with van der Waals surface area (Å²) < 4.78 is 0. The molecule has 0 fully saturated rings. The zero-order valence-electron chi connectivity index (χ0n) is 7.35. The van der Waals surface area contributed by atoms with E-state index in [0.29, 0.717) is 6.54 Å². The first-order valence-corrected chi connectivity index (χ1v) is 3.81. The van der Waals surface area contributed by atoms with Gasteiger partial charge in [-0.1, -0.05) is 13.8 Å². The van der Waals surface area contributed by atoms with Crippen molar-refractivity contribution in [3.8, 4) is 0 Å². The fourth-order valence-corrected chi connectivity index (χ4v) is 0.637. The Morgan fingerprint density at radius 2 is 2.00 bits per heavy atom. The molecule has 0 aromatic carbocycles. The number of hydrogen-bond donors (Lipinski definition) is 3. The molecular formula is C7H17N3O. The second-order valence-corrected chi connectivity index (χ2v) is 2.97. The smallest absolute Gasteiger partial charge is 0.222 e. The number of nitrogens with two attached hydrogens (primary N) is 1. The van der Waals surface area contributed by atoms with Crippen LogP contribution in [0.5, 0.6) is 0 Å². The van der Waals surface area contributed by atoms with E-state index < -0.39 is 0 Å². The van der Waals surface area contributed by atoms with E-state index >= 15 is 0 Å². The molecule has 1 amide bonds. The average molecular weight is 159 g/mol. The molecule has 0 saturated heterocycles. The molecule has 11 heavy (non-hydrogen) atoms. The van der Waals surface area contributed by atoms with Crippen molar-refractivity contribution < 1.29 is 4.79 Å². The number of hydrazine groups is 1. The van der Waals surface area contributed by atoms with Crippen LogP contribution >= 0.6 is 0 Å². The number of carbonyl (C=O) groups excluding carboxylic acids is 1. The first-order chi connectivity index (χ1) is 5.07. The Kier molecular flexibility index (Phi) is 4.81. The minimum atomic E-state index is 0.0372. The summed E-state index contributed by atoms with van der Waals surface area (Å²) in [7, 11) is 0. The molecule has 0 radical (unpaired) electrons. The van der Waals surface area contributed by atoms with E-state index in [0.717, 1.165) is 0 Å². The lowest BCUT2D eigenvalue weighted by atomic mass is 10.2. The van der Waals surface area contributed by atoms with Crippen molar-refractivity contribution >= 4 is 5.91 Å². The maximum Gasteiger partial charge on any atom is 0.222 e. The summed E-state index contributed by atoms with van der Waals surface area (Å²) >= 11 is 0. The average Bonchev–Trinajstić information content (AvgIpc) is 1.87. The molecule has 0 bridgehead atoms. The second-order valence-electron chi connectivity index (χ2n) is 2.97. The highest BCUT2D eigenvalue weighted by atomic mass is 16.1. The molecule has 0 aliphatic heterocycles. The Morgan fingerprint density at radius 1 is 1.45 bits per heavy atom. The standard InChI is InChI=1S/C7H17N3O/c1-5(2)7(11)10-6(3)4-9-8/h5-6,9H,4,8H2,1-3H3,(H,10,11)/t6-/m0/s1. The molecule has 0 heterocycles. The second kappa shape index (κ2) is 5.09. The van der Waals surface area contributed by atoms with Gasteiger partial charge in [-0.3, -0.25) is 16.1 Å². The zero-order valence-corrected chi connectivity index (χ0v) is 7.35. The van der Waals surface area contributed by atoms with Crippen LogP contribution in [0.2, 0.25) is 0 Å². The molecule has 0 saturated carbocycles. The summed E-state index contributed by atoms with van der Waals surface area (Å²) in [6.07, 6.45) is 0. The number of hydrogen-bond acceptors (Lipinski definition) is 3. The predicted octanol–water partition coefficient (Wildman–Crippen LogP) is -0.390. The predicted molar refractivity (Wildman–Crippen MR) is 44.6 cm³/mol. The third-order valence-electron chi connectivity index (χ3n) is 1.34. The van der Waals surface area contributed by atoms with Crippen molar-refractivity contribution in [2.24, 2.45) is 11.8 Å². The van der Waals surface area contributed by atoms with Gasteiger partial charge in [-0.25, -0.2) is 0 Å². The third kappa shape index (κ3) is 4.75. The molecule has 0 rings (SSSR count). The van der Waals surface area contributed by atoms with Gasteiger partial charge in [0.25, 0.3) is 0 Å². The number of amides is 1. The Hall–Kier alpha value is -0.610. The van der Waals surface area contributed by atoms with Crippen LogP contribution in [0, 0.1) is 5.92 Å². The molecule has 0 aromatic rings. The van der Waals surface area contributed by atoms with Gasteiger partial charge in [-0.15, -0.1) is 0 Å². The van der Waals surface area contributed by atoms with E-state index in [1.165, 1.54) is 0 Å². The van der Waals surface area contributed by atoms with Gasteiger partial charge in [0.2, 0.25) is 5.91 Å². The van der Waals surface area contributed by atoms with Crippen LogP contribution in [-0.4, -0.2) is 18.5 Å². The van der Waals surface area contributed by atoms with Crippen LogP contribution in [0.4, 0.5) is 0 Å². The molecule has 0 aromatic heterocycles. The Labute approximate surface area is 67.5 Å². The maximum atomic E-state index is 11.0. The first kappa shape index (κ1) is 10.4. The van der Waals surface area contributed by atoms with Crippen LogP contribution in [0.25, 0.3) is 0 Å². The Balaban J connectivity index is 3.57. The molecular weight excluding hydrogens is 142 g/mol. The Bertz CT molecular complexity index is 125. The molecule has 66 valence electrons. The van der Waals surface area contributed by atoms with Gasteiger partial charge in [0.05, 0.1) is 0 Å². The molecule has 4 nitrogen and oxygen atoms in total. The Morgan fingerprint density at radius 3 is 2.36 bits per heavy atom. The summed E-state index contributed by atoms with van der Waals surface area (Å²) in [6, 6.07) is 0.0925. The van der Waals surface area contributed by atoms with Gasteiger partial charge < -0.3 is 5.32 Å².